The van der Waals surface area contributed by atoms with Gasteiger partial charge in [-0.2, -0.15) is 0 Å². The first-order valence-electron chi connectivity index (χ1n) is 11.9. The Kier molecular flexibility index (Phi) is 6.54. The average molecular weight is 503 g/mol. The lowest BCUT2D eigenvalue weighted by Crippen LogP contribution is -2.09. The van der Waals surface area contributed by atoms with Gasteiger partial charge in [0.1, 0.15) is 11.5 Å². The Morgan fingerprint density at radius 1 is 0.579 bits per heavy atom. The molecule has 0 bridgehead atoms. The molecule has 1 N–H and O–H groups in total. The standard InChI is InChI=1S/C32H22O6/c1-19(33)20-2-4-21(5-3-20)30(35)18-31(36)26-8-6-25-17-29(13-11-23(25)14-26)38-32(37)27-9-7-24-16-28(34)12-10-22(24)15-27/h2-17,34H,18H2,1H3. The third-order valence-corrected chi connectivity index (χ3v) is 6.34. The van der Waals surface area contributed by atoms with Crippen molar-refractivity contribution in [3.63, 3.8) is 0 Å². The molecule has 5 aromatic rings. The Bertz CT molecular complexity index is 1750. The average Bonchev–Trinajstić information content (AvgIpc) is 2.92. The van der Waals surface area contributed by atoms with Crippen molar-refractivity contribution in [1.29, 1.82) is 0 Å². The van der Waals surface area contributed by atoms with Crippen molar-refractivity contribution in [2.45, 2.75) is 13.3 Å². The van der Waals surface area contributed by atoms with Gasteiger partial charge in [0.15, 0.2) is 17.3 Å². The SMILES string of the molecule is CC(=O)c1ccc(C(=O)CC(=O)c2ccc3cc(OC(=O)c4ccc5cc(O)ccc5c4)ccc3c2)cc1. The molecular weight excluding hydrogens is 480 g/mol. The molecule has 5 rings (SSSR count). The molecule has 0 amide bonds. The van der Waals surface area contributed by atoms with E-state index < -0.39 is 5.97 Å². The summed E-state index contributed by atoms with van der Waals surface area (Å²) in [5, 5.41) is 12.8. The lowest BCUT2D eigenvalue weighted by molar-refractivity contribution is 0.0734. The van der Waals surface area contributed by atoms with Crippen molar-refractivity contribution in [2.75, 3.05) is 0 Å². The predicted octanol–water partition coefficient (Wildman–Crippen LogP) is 6.58. The number of phenolic OH excluding ortho intramolecular Hbond substituents is 1. The van der Waals surface area contributed by atoms with E-state index in [9.17, 15) is 24.3 Å². The minimum Gasteiger partial charge on any atom is -0.508 e. The minimum absolute atomic E-state index is 0.0928. The predicted molar refractivity (Wildman–Crippen MR) is 144 cm³/mol. The van der Waals surface area contributed by atoms with Crippen LogP contribution in [0.3, 0.4) is 0 Å². The van der Waals surface area contributed by atoms with Crippen LogP contribution in [-0.4, -0.2) is 28.4 Å². The topological polar surface area (TPSA) is 97.7 Å². The summed E-state index contributed by atoms with van der Waals surface area (Å²) < 4.78 is 5.56. The number of hydrogen-bond donors (Lipinski definition) is 1. The number of Topliss-reactive ketones (excluding diaryl/α,β-unsaturated/α-hetero) is 3. The summed E-state index contributed by atoms with van der Waals surface area (Å²) in [6, 6.07) is 26.5. The van der Waals surface area contributed by atoms with E-state index in [0.29, 0.717) is 28.0 Å². The summed E-state index contributed by atoms with van der Waals surface area (Å²) in [6.45, 7) is 1.45. The van der Waals surface area contributed by atoms with Gasteiger partial charge in [-0.05, 0) is 70.9 Å². The second-order valence-corrected chi connectivity index (χ2v) is 9.02. The maximum absolute atomic E-state index is 12.8. The summed E-state index contributed by atoms with van der Waals surface area (Å²) >= 11 is 0. The van der Waals surface area contributed by atoms with Crippen LogP contribution in [0.1, 0.15) is 54.8 Å². The lowest BCUT2D eigenvalue weighted by Gasteiger charge is -2.08. The van der Waals surface area contributed by atoms with Crippen LogP contribution in [-0.2, 0) is 0 Å². The van der Waals surface area contributed by atoms with Crippen LogP contribution in [0.25, 0.3) is 21.5 Å². The van der Waals surface area contributed by atoms with Gasteiger partial charge in [0, 0.05) is 16.7 Å². The molecule has 0 saturated heterocycles. The van der Waals surface area contributed by atoms with E-state index in [1.807, 2.05) is 0 Å². The van der Waals surface area contributed by atoms with Crippen molar-refractivity contribution < 1.29 is 29.0 Å². The van der Waals surface area contributed by atoms with Crippen molar-refractivity contribution in [3.05, 3.63) is 119 Å². The molecule has 38 heavy (non-hydrogen) atoms. The highest BCUT2D eigenvalue weighted by Gasteiger charge is 2.15. The van der Waals surface area contributed by atoms with E-state index in [1.165, 1.54) is 6.92 Å². The monoisotopic (exact) mass is 502 g/mol. The summed E-state index contributed by atoms with van der Waals surface area (Å²) in [7, 11) is 0. The molecule has 0 spiro atoms. The van der Waals surface area contributed by atoms with E-state index in [1.54, 1.807) is 97.1 Å². The zero-order chi connectivity index (χ0) is 26.8. The van der Waals surface area contributed by atoms with Crippen LogP contribution in [0.5, 0.6) is 11.5 Å². The second kappa shape index (κ2) is 10.1. The summed E-state index contributed by atoms with van der Waals surface area (Å²) in [5.41, 5.74) is 1.66. The van der Waals surface area contributed by atoms with Crippen LogP contribution >= 0.6 is 0 Å². The number of ether oxygens (including phenoxy) is 1. The number of esters is 1. The molecule has 0 aliphatic heterocycles. The number of hydrogen-bond acceptors (Lipinski definition) is 6. The van der Waals surface area contributed by atoms with Gasteiger partial charge >= 0.3 is 5.97 Å². The van der Waals surface area contributed by atoms with Gasteiger partial charge in [-0.1, -0.05) is 54.6 Å². The zero-order valence-electron chi connectivity index (χ0n) is 20.4. The van der Waals surface area contributed by atoms with Crippen molar-refractivity contribution in [3.8, 4) is 11.5 Å². The van der Waals surface area contributed by atoms with Crippen molar-refractivity contribution in [2.24, 2.45) is 0 Å². The van der Waals surface area contributed by atoms with Crippen LogP contribution in [0.4, 0.5) is 0 Å². The minimum atomic E-state index is -0.513. The Balaban J connectivity index is 1.28. The number of benzene rings is 5. The third kappa shape index (κ3) is 5.20. The zero-order valence-corrected chi connectivity index (χ0v) is 20.4. The Morgan fingerprint density at radius 3 is 1.79 bits per heavy atom. The number of aromatic hydroxyl groups is 1. The molecule has 0 saturated carbocycles. The van der Waals surface area contributed by atoms with Crippen LogP contribution < -0.4 is 4.74 Å². The Hall–Kier alpha value is -5.10. The van der Waals surface area contributed by atoms with Crippen molar-refractivity contribution >= 4 is 44.9 Å². The maximum Gasteiger partial charge on any atom is 0.343 e. The molecular formula is C32H22O6. The molecule has 0 fully saturated rings. The number of rotatable bonds is 7. The fourth-order valence-electron chi connectivity index (χ4n) is 4.23. The molecule has 186 valence electrons. The highest BCUT2D eigenvalue weighted by Crippen LogP contribution is 2.25. The summed E-state index contributed by atoms with van der Waals surface area (Å²) in [4.78, 5) is 49.5. The molecule has 0 heterocycles. The van der Waals surface area contributed by atoms with Gasteiger partial charge in [-0.3, -0.25) is 14.4 Å². The Labute approximate surface area is 218 Å². The molecule has 0 unspecified atom stereocenters. The molecule has 0 atom stereocenters. The fourth-order valence-corrected chi connectivity index (χ4v) is 4.23. The molecule has 0 aliphatic rings. The first-order valence-corrected chi connectivity index (χ1v) is 11.9. The fraction of sp³-hybridized carbons (Fsp3) is 0.0625. The maximum atomic E-state index is 12.8. The van der Waals surface area contributed by atoms with Gasteiger partial charge in [-0.25, -0.2) is 4.79 Å². The molecule has 5 aromatic carbocycles. The van der Waals surface area contributed by atoms with E-state index in [4.69, 9.17) is 4.74 Å². The number of carbonyl (C=O) groups is 4. The van der Waals surface area contributed by atoms with Crippen molar-refractivity contribution in [1.82, 2.24) is 0 Å². The van der Waals surface area contributed by atoms with Gasteiger partial charge in [0.2, 0.25) is 0 Å². The molecule has 6 heteroatoms. The van der Waals surface area contributed by atoms with Gasteiger partial charge in [0.05, 0.1) is 12.0 Å². The largest absolute Gasteiger partial charge is 0.508 e. The third-order valence-electron chi connectivity index (χ3n) is 6.34. The number of fused-ring (bicyclic) bond motifs is 2. The van der Waals surface area contributed by atoms with Crippen LogP contribution in [0.15, 0.2) is 97.1 Å². The molecule has 0 radical (unpaired) electrons. The first kappa shape index (κ1) is 24.6. The van der Waals surface area contributed by atoms with E-state index >= 15 is 0 Å². The lowest BCUT2D eigenvalue weighted by atomic mass is 9.98. The summed E-state index contributed by atoms with van der Waals surface area (Å²) in [5.74, 6) is -0.728. The first-order chi connectivity index (χ1) is 18.3. The van der Waals surface area contributed by atoms with Gasteiger partial charge in [0.25, 0.3) is 0 Å². The Morgan fingerprint density at radius 2 is 1.08 bits per heavy atom. The quantitative estimate of drug-likeness (QED) is 0.117. The van der Waals surface area contributed by atoms with Crippen LogP contribution in [0.2, 0.25) is 0 Å². The number of phenols is 1. The van der Waals surface area contributed by atoms with Gasteiger partial charge in [-0.15, -0.1) is 0 Å². The normalized spacial score (nSPS) is 10.9. The second-order valence-electron chi connectivity index (χ2n) is 9.02. The van der Waals surface area contributed by atoms with Gasteiger partial charge < -0.3 is 9.84 Å². The smallest absolute Gasteiger partial charge is 0.343 e. The number of ketones is 3. The number of carbonyl (C=O) groups excluding carboxylic acids is 4. The van der Waals surface area contributed by atoms with E-state index in [-0.39, 0.29) is 29.5 Å². The molecule has 0 aliphatic carbocycles. The highest BCUT2D eigenvalue weighted by molar-refractivity contribution is 6.14. The highest BCUT2D eigenvalue weighted by atomic mass is 16.5. The van der Waals surface area contributed by atoms with Crippen LogP contribution in [0, 0.1) is 0 Å². The summed E-state index contributed by atoms with van der Waals surface area (Å²) in [6.07, 6.45) is -0.286. The van der Waals surface area contributed by atoms with E-state index in [0.717, 1.165) is 21.5 Å². The molecule has 6 nitrogen and oxygen atoms in total. The van der Waals surface area contributed by atoms with E-state index in [2.05, 4.69) is 0 Å². The molecule has 0 aromatic heterocycles.